The molecule has 106 valence electrons. The van der Waals surface area contributed by atoms with E-state index in [0.29, 0.717) is 6.04 Å². The summed E-state index contributed by atoms with van der Waals surface area (Å²) in [5.74, 6) is 0.931. The summed E-state index contributed by atoms with van der Waals surface area (Å²) in [5, 5.41) is 4.83. The average Bonchev–Trinajstić information content (AvgIpc) is 3.00. The van der Waals surface area contributed by atoms with Crippen LogP contribution in [-0.2, 0) is 6.42 Å². The topological polar surface area (TPSA) is 24.9 Å². The van der Waals surface area contributed by atoms with Gasteiger partial charge in [-0.1, -0.05) is 43.9 Å². The third-order valence-electron chi connectivity index (χ3n) is 4.71. The lowest BCUT2D eigenvalue weighted by Gasteiger charge is -2.20. The molecule has 1 heterocycles. The normalized spacial score (nSPS) is 17.6. The summed E-state index contributed by atoms with van der Waals surface area (Å²) in [4.78, 5) is 4.46. The number of nitrogens with zero attached hydrogens (tertiary/aromatic N) is 1. The Kier molecular flexibility index (Phi) is 4.31. The Morgan fingerprint density at radius 3 is 2.80 bits per heavy atom. The number of hydrogen-bond donors (Lipinski definition) is 1. The second-order valence-corrected chi connectivity index (χ2v) is 6.06. The SMILES string of the molecule is CNC(Cc1ccnc2ccccc12)CC1CCCC1. The van der Waals surface area contributed by atoms with Crippen molar-refractivity contribution in [1.82, 2.24) is 10.3 Å². The van der Waals surface area contributed by atoms with E-state index in [1.807, 2.05) is 6.20 Å². The standard InChI is InChI=1S/C18H24N2/c1-19-16(12-14-6-2-3-7-14)13-15-10-11-20-18-9-5-4-8-17(15)18/h4-5,8-11,14,16,19H,2-3,6-7,12-13H2,1H3. The first-order valence-corrected chi connectivity index (χ1v) is 7.86. The molecule has 1 N–H and O–H groups in total. The minimum Gasteiger partial charge on any atom is -0.317 e. The summed E-state index contributed by atoms with van der Waals surface area (Å²) in [5.41, 5.74) is 2.54. The van der Waals surface area contributed by atoms with E-state index in [2.05, 4.69) is 47.7 Å². The first kappa shape index (κ1) is 13.6. The van der Waals surface area contributed by atoms with Gasteiger partial charge in [0.05, 0.1) is 5.52 Å². The largest absolute Gasteiger partial charge is 0.317 e. The Balaban J connectivity index is 1.76. The van der Waals surface area contributed by atoms with Gasteiger partial charge in [0.2, 0.25) is 0 Å². The molecule has 2 nitrogen and oxygen atoms in total. The summed E-state index contributed by atoms with van der Waals surface area (Å²) in [6.07, 6.45) is 10.1. The maximum absolute atomic E-state index is 4.46. The van der Waals surface area contributed by atoms with Crippen LogP contribution in [0.4, 0.5) is 0 Å². The van der Waals surface area contributed by atoms with E-state index in [4.69, 9.17) is 0 Å². The Hall–Kier alpha value is -1.41. The van der Waals surface area contributed by atoms with Crippen molar-refractivity contribution in [2.24, 2.45) is 5.92 Å². The van der Waals surface area contributed by atoms with Gasteiger partial charge in [0.1, 0.15) is 0 Å². The van der Waals surface area contributed by atoms with E-state index in [9.17, 15) is 0 Å². The molecule has 0 bridgehead atoms. The molecule has 2 aromatic rings. The lowest BCUT2D eigenvalue weighted by molar-refractivity contribution is 0.403. The Labute approximate surface area is 121 Å². The van der Waals surface area contributed by atoms with E-state index < -0.39 is 0 Å². The molecule has 3 rings (SSSR count). The molecular weight excluding hydrogens is 244 g/mol. The monoisotopic (exact) mass is 268 g/mol. The van der Waals surface area contributed by atoms with Crippen LogP contribution in [0.5, 0.6) is 0 Å². The van der Waals surface area contributed by atoms with Crippen molar-refractivity contribution in [2.75, 3.05) is 7.05 Å². The van der Waals surface area contributed by atoms with Crippen LogP contribution in [0.25, 0.3) is 10.9 Å². The van der Waals surface area contributed by atoms with Gasteiger partial charge in [-0.05, 0) is 43.5 Å². The molecule has 1 aliphatic carbocycles. The summed E-state index contributed by atoms with van der Waals surface area (Å²) < 4.78 is 0. The molecule has 0 saturated heterocycles. The first-order chi connectivity index (χ1) is 9.86. The maximum atomic E-state index is 4.46. The predicted octanol–water partition coefficient (Wildman–Crippen LogP) is 3.95. The summed E-state index contributed by atoms with van der Waals surface area (Å²) in [6, 6.07) is 11.2. The highest BCUT2D eigenvalue weighted by molar-refractivity contribution is 5.81. The van der Waals surface area contributed by atoms with Gasteiger partial charge in [0, 0.05) is 17.6 Å². The lowest BCUT2D eigenvalue weighted by atomic mass is 9.93. The number of nitrogens with one attached hydrogen (secondary N) is 1. The van der Waals surface area contributed by atoms with Crippen LogP contribution in [0, 0.1) is 5.92 Å². The maximum Gasteiger partial charge on any atom is 0.0704 e. The molecule has 1 aromatic carbocycles. The Morgan fingerprint density at radius 1 is 1.20 bits per heavy atom. The zero-order valence-electron chi connectivity index (χ0n) is 12.3. The van der Waals surface area contributed by atoms with Gasteiger partial charge in [0.25, 0.3) is 0 Å². The number of benzene rings is 1. The molecule has 1 aromatic heterocycles. The number of hydrogen-bond acceptors (Lipinski definition) is 2. The molecule has 0 spiro atoms. The molecule has 2 heteroatoms. The molecular formula is C18H24N2. The van der Waals surface area contributed by atoms with Gasteiger partial charge >= 0.3 is 0 Å². The van der Waals surface area contributed by atoms with Crippen LogP contribution in [0.3, 0.4) is 0 Å². The first-order valence-electron chi connectivity index (χ1n) is 7.86. The van der Waals surface area contributed by atoms with Gasteiger partial charge in [-0.2, -0.15) is 0 Å². The van der Waals surface area contributed by atoms with E-state index in [1.54, 1.807) is 0 Å². The zero-order chi connectivity index (χ0) is 13.8. The lowest BCUT2D eigenvalue weighted by Crippen LogP contribution is -2.29. The fraction of sp³-hybridized carbons (Fsp3) is 0.500. The fourth-order valence-electron chi connectivity index (χ4n) is 3.55. The second kappa shape index (κ2) is 6.36. The van der Waals surface area contributed by atoms with E-state index in [0.717, 1.165) is 17.9 Å². The minimum absolute atomic E-state index is 0.587. The van der Waals surface area contributed by atoms with Gasteiger partial charge in [-0.3, -0.25) is 4.98 Å². The highest BCUT2D eigenvalue weighted by Crippen LogP contribution is 2.29. The quantitative estimate of drug-likeness (QED) is 0.888. The molecule has 1 fully saturated rings. The van der Waals surface area contributed by atoms with Crippen LogP contribution >= 0.6 is 0 Å². The third-order valence-corrected chi connectivity index (χ3v) is 4.71. The molecule has 1 atom stereocenters. The van der Waals surface area contributed by atoms with Crippen molar-refractivity contribution in [3.8, 4) is 0 Å². The van der Waals surface area contributed by atoms with E-state index >= 15 is 0 Å². The number of rotatable bonds is 5. The van der Waals surface area contributed by atoms with Crippen molar-refractivity contribution in [1.29, 1.82) is 0 Å². The number of aromatic nitrogens is 1. The number of likely N-dealkylation sites (N-methyl/N-ethyl adjacent to an activating group) is 1. The molecule has 20 heavy (non-hydrogen) atoms. The molecule has 0 radical (unpaired) electrons. The van der Waals surface area contributed by atoms with Crippen LogP contribution in [-0.4, -0.2) is 18.1 Å². The van der Waals surface area contributed by atoms with Crippen molar-refractivity contribution in [3.05, 3.63) is 42.1 Å². The summed E-state index contributed by atoms with van der Waals surface area (Å²) >= 11 is 0. The van der Waals surface area contributed by atoms with Crippen molar-refractivity contribution >= 4 is 10.9 Å². The number of para-hydroxylation sites is 1. The minimum atomic E-state index is 0.587. The molecule has 1 unspecified atom stereocenters. The fourth-order valence-corrected chi connectivity index (χ4v) is 3.55. The molecule has 1 aliphatic rings. The number of fused-ring (bicyclic) bond motifs is 1. The Morgan fingerprint density at radius 2 is 2.00 bits per heavy atom. The van der Waals surface area contributed by atoms with Crippen LogP contribution in [0.15, 0.2) is 36.5 Å². The van der Waals surface area contributed by atoms with Gasteiger partial charge in [-0.15, -0.1) is 0 Å². The number of pyridine rings is 1. The average molecular weight is 268 g/mol. The molecule has 0 aliphatic heterocycles. The van der Waals surface area contributed by atoms with E-state index in [1.165, 1.54) is 43.1 Å². The summed E-state index contributed by atoms with van der Waals surface area (Å²) in [7, 11) is 2.10. The molecule has 1 saturated carbocycles. The third kappa shape index (κ3) is 3.01. The van der Waals surface area contributed by atoms with Crippen molar-refractivity contribution in [3.63, 3.8) is 0 Å². The van der Waals surface area contributed by atoms with Crippen molar-refractivity contribution < 1.29 is 0 Å². The second-order valence-electron chi connectivity index (χ2n) is 6.06. The van der Waals surface area contributed by atoms with Gasteiger partial charge in [-0.25, -0.2) is 0 Å². The van der Waals surface area contributed by atoms with Crippen LogP contribution in [0.2, 0.25) is 0 Å². The van der Waals surface area contributed by atoms with Crippen molar-refractivity contribution in [2.45, 2.75) is 44.6 Å². The van der Waals surface area contributed by atoms with Gasteiger partial charge < -0.3 is 5.32 Å². The van der Waals surface area contributed by atoms with Gasteiger partial charge in [0.15, 0.2) is 0 Å². The Bertz CT molecular complexity index is 553. The van der Waals surface area contributed by atoms with E-state index in [-0.39, 0.29) is 0 Å². The summed E-state index contributed by atoms with van der Waals surface area (Å²) in [6.45, 7) is 0. The highest BCUT2D eigenvalue weighted by Gasteiger charge is 2.20. The zero-order valence-corrected chi connectivity index (χ0v) is 12.3. The highest BCUT2D eigenvalue weighted by atomic mass is 14.9. The van der Waals surface area contributed by atoms with Crippen LogP contribution < -0.4 is 5.32 Å². The van der Waals surface area contributed by atoms with Crippen LogP contribution in [0.1, 0.15) is 37.7 Å². The molecule has 0 amide bonds. The predicted molar refractivity (Wildman–Crippen MR) is 84.9 cm³/mol. The smallest absolute Gasteiger partial charge is 0.0704 e.